The van der Waals surface area contributed by atoms with E-state index in [1.807, 2.05) is 0 Å². The summed E-state index contributed by atoms with van der Waals surface area (Å²) in [5, 5.41) is 0.599. The zero-order chi connectivity index (χ0) is 33.6. The molecule has 0 aliphatic heterocycles. The monoisotopic (exact) mass is 657 g/mol. The second-order valence-corrected chi connectivity index (χ2v) is 31.6. The Hall–Kier alpha value is -1.39. The maximum Gasteiger partial charge on any atom is 0.250 e. The molecule has 0 heterocycles. The summed E-state index contributed by atoms with van der Waals surface area (Å²) in [6, 6.07) is 20.1. The van der Waals surface area contributed by atoms with E-state index in [2.05, 4.69) is 161 Å². The van der Waals surface area contributed by atoms with Crippen LogP contribution in [0, 0.1) is 0 Å². The first-order valence-corrected chi connectivity index (χ1v) is 25.6. The van der Waals surface area contributed by atoms with E-state index in [1.54, 1.807) is 0 Å². The van der Waals surface area contributed by atoms with Crippen LogP contribution in [0.2, 0.25) is 54.4 Å². The predicted octanol–water partition coefficient (Wildman–Crippen LogP) is 12.2. The topological polar surface area (TPSA) is 30.9 Å². The maximum absolute atomic E-state index is 6.64. The van der Waals surface area contributed by atoms with Crippen molar-refractivity contribution in [2.24, 2.45) is 0 Å². The van der Waals surface area contributed by atoms with Gasteiger partial charge in [0.15, 0.2) is 16.6 Å². The lowest BCUT2D eigenvalue weighted by molar-refractivity contribution is 0.261. The minimum absolute atomic E-state index is 0.159. The van der Waals surface area contributed by atoms with Crippen molar-refractivity contribution in [3.05, 3.63) is 54.6 Å². The van der Waals surface area contributed by atoms with Crippen LogP contribution in [-0.2, 0) is 8.85 Å². The molecular formula is C37H67NO3Si3. The van der Waals surface area contributed by atoms with Crippen molar-refractivity contribution in [1.29, 1.82) is 0 Å². The third-order valence-electron chi connectivity index (χ3n) is 10.6. The fourth-order valence-corrected chi connectivity index (χ4v) is 7.62. The van der Waals surface area contributed by atoms with E-state index < -0.39 is 25.0 Å². The smallest absolute Gasteiger partial charge is 0.250 e. The average Bonchev–Trinajstić information content (AvgIpc) is 2.88. The van der Waals surface area contributed by atoms with Crippen molar-refractivity contribution >= 4 is 36.3 Å². The van der Waals surface area contributed by atoms with Gasteiger partial charge in [-0.2, -0.15) is 0 Å². The Kier molecular flexibility index (Phi) is 13.2. The Morgan fingerprint density at radius 3 is 1.32 bits per heavy atom. The van der Waals surface area contributed by atoms with Crippen LogP contribution >= 0.6 is 0 Å². The highest BCUT2D eigenvalue weighted by molar-refractivity contribution is 6.75. The van der Waals surface area contributed by atoms with Gasteiger partial charge in [-0.25, -0.2) is 0 Å². The number of nitrogens with zero attached hydrogens (tertiary/aromatic N) is 1. The summed E-state index contributed by atoms with van der Waals surface area (Å²) >= 11 is 0. The minimum atomic E-state index is -1.91. The molecule has 0 amide bonds. The van der Waals surface area contributed by atoms with E-state index in [9.17, 15) is 0 Å². The quantitative estimate of drug-likeness (QED) is 0.141. The average molecular weight is 658 g/mol. The van der Waals surface area contributed by atoms with Gasteiger partial charge in [-0.05, 0) is 116 Å². The van der Waals surface area contributed by atoms with Gasteiger partial charge in [-0.15, -0.1) is 0 Å². The predicted molar refractivity (Wildman–Crippen MR) is 201 cm³/mol. The molecule has 7 heteroatoms. The van der Waals surface area contributed by atoms with Crippen LogP contribution < -0.4 is 9.33 Å². The number of hydrogen-bond acceptors (Lipinski definition) is 4. The molecule has 0 bridgehead atoms. The molecule has 44 heavy (non-hydrogen) atoms. The molecule has 2 aromatic rings. The van der Waals surface area contributed by atoms with Gasteiger partial charge in [0.1, 0.15) is 5.75 Å². The molecule has 0 saturated carbocycles. The summed E-state index contributed by atoms with van der Waals surface area (Å²) < 4.78 is 19.9. The van der Waals surface area contributed by atoms with Crippen LogP contribution in [0.1, 0.15) is 88.0 Å². The highest BCUT2D eigenvalue weighted by Crippen LogP contribution is 2.40. The lowest BCUT2D eigenvalue weighted by Crippen LogP contribution is -2.43. The second kappa shape index (κ2) is 15.0. The number of benzene rings is 2. The van der Waals surface area contributed by atoms with Gasteiger partial charge >= 0.3 is 0 Å². The summed E-state index contributed by atoms with van der Waals surface area (Å²) in [6.07, 6.45) is 4.20. The highest BCUT2D eigenvalue weighted by atomic mass is 28.4. The Bertz CT molecular complexity index is 1090. The van der Waals surface area contributed by atoms with E-state index in [-0.39, 0.29) is 15.1 Å². The van der Waals surface area contributed by atoms with Crippen LogP contribution in [0.5, 0.6) is 5.75 Å². The van der Waals surface area contributed by atoms with Crippen LogP contribution in [0.4, 0.5) is 11.4 Å². The second-order valence-electron chi connectivity index (χ2n) is 17.2. The largest absolute Gasteiger partial charge is 0.544 e. The third-order valence-corrected chi connectivity index (χ3v) is 24.0. The highest BCUT2D eigenvalue weighted by Gasteiger charge is 2.40. The fourth-order valence-electron chi connectivity index (χ4n) is 4.41. The molecule has 4 nitrogen and oxygen atoms in total. The van der Waals surface area contributed by atoms with E-state index in [4.69, 9.17) is 13.3 Å². The van der Waals surface area contributed by atoms with Gasteiger partial charge in [-0.1, -0.05) is 80.5 Å². The van der Waals surface area contributed by atoms with Gasteiger partial charge in [0.25, 0.3) is 0 Å². The van der Waals surface area contributed by atoms with Gasteiger partial charge < -0.3 is 18.2 Å². The molecule has 0 fully saturated rings. The molecule has 0 spiro atoms. The Labute approximate surface area is 275 Å². The maximum atomic E-state index is 6.64. The van der Waals surface area contributed by atoms with Gasteiger partial charge in [0, 0.05) is 30.6 Å². The van der Waals surface area contributed by atoms with Gasteiger partial charge in [0.05, 0.1) is 0 Å². The zero-order valence-corrected chi connectivity index (χ0v) is 34.2. The Morgan fingerprint density at radius 2 is 0.932 bits per heavy atom. The molecule has 0 aromatic heterocycles. The third kappa shape index (κ3) is 10.9. The van der Waals surface area contributed by atoms with Crippen LogP contribution in [0.15, 0.2) is 54.6 Å². The molecule has 2 rings (SSSR count). The summed E-state index contributed by atoms with van der Waals surface area (Å²) in [4.78, 5) is 2.55. The molecule has 250 valence electrons. The van der Waals surface area contributed by atoms with Crippen LogP contribution in [0.25, 0.3) is 0 Å². The standard InChI is InChI=1S/C37H67NO3Si3/c1-35(2,3)42(10,11)39-29-19-23-32(24-20-30-40-43(12,13)36(4,5)6)38(31-21-17-16-18-22-31)33-25-27-34(28-26-33)41-44(14,15)37(7,8)9/h16-18,21-22,25-28,32H,19-20,23-24,29-30H2,1-15H3. The molecule has 0 aliphatic carbocycles. The van der Waals surface area contributed by atoms with E-state index in [1.165, 1.54) is 11.4 Å². The summed E-state index contributed by atoms with van der Waals surface area (Å²) in [5.74, 6) is 0.968. The molecular weight excluding hydrogens is 591 g/mol. The molecule has 2 aromatic carbocycles. The number of hydrogen-bond donors (Lipinski definition) is 0. The Balaban J connectivity index is 2.35. The number of rotatable bonds is 15. The first-order valence-electron chi connectivity index (χ1n) is 16.9. The van der Waals surface area contributed by atoms with Crippen molar-refractivity contribution in [1.82, 2.24) is 0 Å². The SMILES string of the molecule is CC(C)(C)[Si](C)(C)OCCCC(CCCO[Si](C)(C)C(C)(C)C)N(c1ccccc1)c1ccc(O[Si](C)(C)C(C)(C)C)cc1. The molecule has 0 atom stereocenters. The van der Waals surface area contributed by atoms with Crippen molar-refractivity contribution in [3.8, 4) is 5.75 Å². The Morgan fingerprint density at radius 1 is 0.545 bits per heavy atom. The normalized spacial score (nSPS) is 13.8. The van der Waals surface area contributed by atoms with Crippen LogP contribution in [-0.4, -0.2) is 44.2 Å². The first kappa shape index (κ1) is 38.8. The lowest BCUT2D eigenvalue weighted by Gasteiger charge is -2.38. The van der Waals surface area contributed by atoms with Crippen molar-refractivity contribution in [2.75, 3.05) is 18.1 Å². The van der Waals surface area contributed by atoms with Gasteiger partial charge in [0.2, 0.25) is 8.32 Å². The van der Waals surface area contributed by atoms with Crippen LogP contribution in [0.3, 0.4) is 0 Å². The molecule has 0 radical (unpaired) electrons. The van der Waals surface area contributed by atoms with Gasteiger partial charge in [-0.3, -0.25) is 0 Å². The summed E-state index contributed by atoms with van der Waals surface area (Å²) in [7, 11) is -5.48. The van der Waals surface area contributed by atoms with E-state index in [0.29, 0.717) is 6.04 Å². The molecule has 0 N–H and O–H groups in total. The fraction of sp³-hybridized carbons (Fsp3) is 0.676. The molecule has 0 aliphatic rings. The lowest BCUT2D eigenvalue weighted by atomic mass is 10.0. The zero-order valence-electron chi connectivity index (χ0n) is 31.2. The first-order chi connectivity index (χ1) is 20.0. The molecule has 0 unspecified atom stereocenters. The van der Waals surface area contributed by atoms with E-state index in [0.717, 1.165) is 44.6 Å². The van der Waals surface area contributed by atoms with Crippen molar-refractivity contribution in [3.63, 3.8) is 0 Å². The summed E-state index contributed by atoms with van der Waals surface area (Å²) in [5.41, 5.74) is 2.44. The minimum Gasteiger partial charge on any atom is -0.544 e. The van der Waals surface area contributed by atoms with Crippen molar-refractivity contribution < 1.29 is 13.3 Å². The number of para-hydroxylation sites is 1. The van der Waals surface area contributed by atoms with Crippen molar-refractivity contribution in [2.45, 2.75) is 148 Å². The molecule has 0 saturated heterocycles. The van der Waals surface area contributed by atoms with E-state index >= 15 is 0 Å². The summed E-state index contributed by atoms with van der Waals surface area (Å²) in [6.45, 7) is 36.5. The number of anilines is 2.